The van der Waals surface area contributed by atoms with Gasteiger partial charge in [0, 0.05) is 18.5 Å². The van der Waals surface area contributed by atoms with Gasteiger partial charge in [0.05, 0.1) is 12.6 Å². The maximum atomic E-state index is 12.4. The number of allylic oxidation sites excluding steroid dienone is 1. The number of carbonyl (C=O) groups is 1. The number of fused-ring (bicyclic) bond motifs is 7. The summed E-state index contributed by atoms with van der Waals surface area (Å²) in [6.45, 7) is 11.7. The molecule has 3 saturated carbocycles. The summed E-state index contributed by atoms with van der Waals surface area (Å²) in [4.78, 5) is 14.4. The summed E-state index contributed by atoms with van der Waals surface area (Å²) in [5.74, 6) is 4.63. The van der Waals surface area contributed by atoms with Crippen LogP contribution < -0.4 is 10.6 Å². The van der Waals surface area contributed by atoms with Crippen molar-refractivity contribution in [3.8, 4) is 0 Å². The van der Waals surface area contributed by atoms with Crippen molar-refractivity contribution < 1.29 is 9.53 Å². The molecule has 11 atom stereocenters. The number of nitrogens with one attached hydrogen (secondary N) is 2. The molecule has 5 heteroatoms. The van der Waals surface area contributed by atoms with Crippen LogP contribution in [0.15, 0.2) is 11.6 Å². The maximum absolute atomic E-state index is 12.4. The van der Waals surface area contributed by atoms with E-state index in [9.17, 15) is 4.79 Å². The maximum Gasteiger partial charge on any atom is 0.234 e. The summed E-state index contributed by atoms with van der Waals surface area (Å²) in [5.41, 5.74) is 2.32. The summed E-state index contributed by atoms with van der Waals surface area (Å²) in [7, 11) is 3.93. The number of hydrogen-bond acceptors (Lipinski definition) is 4. The zero-order valence-corrected chi connectivity index (χ0v) is 23.7. The number of amides is 1. The fraction of sp³-hybridized carbons (Fsp3) is 0.903. The number of rotatable bonds is 3. The minimum absolute atomic E-state index is 0.0618. The van der Waals surface area contributed by atoms with Crippen LogP contribution in [0, 0.1) is 46.3 Å². The SMILES string of the molecule is C[C@@H]1CC[C@@]2(NC1)O[C@H]1C[C@H]3[C@@H]4CC=C5C[C@H](NC(=O)CN(C)C)CC[C@]5(C)[C@H]4CC[C@]3(C)[C@H]1[C@@H]2C. The van der Waals surface area contributed by atoms with Gasteiger partial charge in [-0.1, -0.05) is 39.3 Å². The summed E-state index contributed by atoms with van der Waals surface area (Å²) in [5, 5.41) is 7.23. The van der Waals surface area contributed by atoms with Crippen molar-refractivity contribution in [2.75, 3.05) is 27.2 Å². The highest BCUT2D eigenvalue weighted by Crippen LogP contribution is 2.70. The van der Waals surface area contributed by atoms with Crippen molar-refractivity contribution in [2.45, 2.75) is 103 Å². The van der Waals surface area contributed by atoms with Crippen LogP contribution in [0.1, 0.15) is 85.5 Å². The van der Waals surface area contributed by atoms with Gasteiger partial charge in [0.2, 0.25) is 5.91 Å². The van der Waals surface area contributed by atoms with Gasteiger partial charge < -0.3 is 15.0 Å². The summed E-state index contributed by atoms with van der Waals surface area (Å²) in [6.07, 6.45) is 14.2. The largest absolute Gasteiger partial charge is 0.357 e. The number of nitrogens with zero attached hydrogens (tertiary/aromatic N) is 1. The van der Waals surface area contributed by atoms with Crippen LogP contribution in [-0.4, -0.2) is 55.9 Å². The van der Waals surface area contributed by atoms with Gasteiger partial charge in [-0.15, -0.1) is 0 Å². The Morgan fingerprint density at radius 1 is 1.14 bits per heavy atom. The van der Waals surface area contributed by atoms with Gasteiger partial charge in [-0.25, -0.2) is 0 Å². The monoisotopic (exact) mass is 497 g/mol. The average molecular weight is 498 g/mol. The van der Waals surface area contributed by atoms with Crippen LogP contribution in [0.4, 0.5) is 0 Å². The lowest BCUT2D eigenvalue weighted by Gasteiger charge is -2.58. The van der Waals surface area contributed by atoms with Crippen molar-refractivity contribution in [3.05, 3.63) is 11.6 Å². The second-order valence-corrected chi connectivity index (χ2v) is 14.7. The Hall–Kier alpha value is -0.910. The molecule has 0 aromatic rings. The fourth-order valence-corrected chi connectivity index (χ4v) is 10.5. The highest BCUT2D eigenvalue weighted by Gasteiger charge is 2.68. The molecule has 1 amide bonds. The summed E-state index contributed by atoms with van der Waals surface area (Å²) in [6, 6.07) is 0.309. The lowest BCUT2D eigenvalue weighted by molar-refractivity contribution is -0.122. The molecule has 0 bridgehead atoms. The Morgan fingerprint density at radius 3 is 2.67 bits per heavy atom. The first-order chi connectivity index (χ1) is 17.1. The van der Waals surface area contributed by atoms with E-state index in [0.29, 0.717) is 41.4 Å². The van der Waals surface area contributed by atoms with Crippen molar-refractivity contribution in [1.29, 1.82) is 0 Å². The first-order valence-electron chi connectivity index (χ1n) is 15.1. The Morgan fingerprint density at radius 2 is 1.94 bits per heavy atom. The van der Waals surface area contributed by atoms with Crippen LogP contribution in [0.5, 0.6) is 0 Å². The third-order valence-corrected chi connectivity index (χ3v) is 12.4. The van der Waals surface area contributed by atoms with Gasteiger partial charge in [-0.2, -0.15) is 0 Å². The fourth-order valence-electron chi connectivity index (χ4n) is 10.5. The van der Waals surface area contributed by atoms with E-state index in [1.807, 2.05) is 19.0 Å². The van der Waals surface area contributed by atoms with Gasteiger partial charge in [0.25, 0.3) is 0 Å². The molecule has 0 aromatic carbocycles. The second kappa shape index (κ2) is 8.81. The Labute approximate surface area is 219 Å². The molecule has 2 aliphatic heterocycles. The molecule has 4 aliphatic carbocycles. The van der Waals surface area contributed by atoms with Crippen LogP contribution >= 0.6 is 0 Å². The van der Waals surface area contributed by atoms with E-state index in [4.69, 9.17) is 4.74 Å². The molecular formula is C31H51N3O2. The molecule has 5 nitrogen and oxygen atoms in total. The minimum Gasteiger partial charge on any atom is -0.357 e. The standard InChI is InChI=1S/C31H51N3O2/c1-19-9-14-31(32-17-19)20(2)28-26(36-31)16-25-23-8-7-21-15-22(33-27(35)18-34(5)6)10-12-29(21,3)24(23)11-13-30(25,28)4/h7,19-20,22-26,28,32H,8-18H2,1-6H3,(H,33,35)/t19-,20+,22-,23-,24+,25+,26+,28+,29+,30+,31-/m1/s1. The molecular weight excluding hydrogens is 446 g/mol. The van der Waals surface area contributed by atoms with E-state index in [1.54, 1.807) is 5.57 Å². The number of piperidine rings is 1. The smallest absolute Gasteiger partial charge is 0.234 e. The topological polar surface area (TPSA) is 53.6 Å². The van der Waals surface area contributed by atoms with Crippen molar-refractivity contribution in [1.82, 2.24) is 15.5 Å². The Balaban J connectivity index is 1.18. The average Bonchev–Trinajstić information content (AvgIpc) is 3.26. The molecule has 36 heavy (non-hydrogen) atoms. The second-order valence-electron chi connectivity index (χ2n) is 14.7. The molecule has 2 saturated heterocycles. The Kier molecular flexibility index (Phi) is 6.21. The number of ether oxygens (including phenoxy) is 1. The normalized spacial score (nSPS) is 51.8. The summed E-state index contributed by atoms with van der Waals surface area (Å²) >= 11 is 0. The molecule has 6 aliphatic rings. The predicted octanol–water partition coefficient (Wildman–Crippen LogP) is 4.97. The third kappa shape index (κ3) is 3.77. The quantitative estimate of drug-likeness (QED) is 0.541. The zero-order chi connectivity index (χ0) is 25.5. The van der Waals surface area contributed by atoms with Crippen LogP contribution in [0.25, 0.3) is 0 Å². The third-order valence-electron chi connectivity index (χ3n) is 12.4. The highest BCUT2D eigenvalue weighted by molar-refractivity contribution is 5.78. The van der Waals surface area contributed by atoms with Gasteiger partial charge in [-0.3, -0.25) is 10.1 Å². The van der Waals surface area contributed by atoms with E-state index in [1.165, 1.54) is 44.9 Å². The van der Waals surface area contributed by atoms with E-state index >= 15 is 0 Å². The lowest BCUT2D eigenvalue weighted by atomic mass is 9.46. The zero-order valence-electron chi connectivity index (χ0n) is 23.7. The molecule has 0 radical (unpaired) electrons. The number of hydrogen-bond donors (Lipinski definition) is 2. The molecule has 202 valence electrons. The number of carbonyl (C=O) groups excluding carboxylic acids is 1. The molecule has 6 rings (SSSR count). The molecule has 0 unspecified atom stereocenters. The molecule has 2 heterocycles. The first kappa shape index (κ1) is 25.4. The Bertz CT molecular complexity index is 907. The van der Waals surface area contributed by atoms with E-state index in [-0.39, 0.29) is 11.6 Å². The molecule has 5 fully saturated rings. The molecule has 0 aromatic heterocycles. The predicted molar refractivity (Wildman–Crippen MR) is 144 cm³/mol. The number of likely N-dealkylation sites (N-methyl/N-ethyl adjacent to an activating group) is 1. The van der Waals surface area contributed by atoms with Crippen molar-refractivity contribution >= 4 is 5.91 Å². The first-order valence-corrected chi connectivity index (χ1v) is 15.1. The molecule has 1 spiro atoms. The van der Waals surface area contributed by atoms with Gasteiger partial charge in [0.15, 0.2) is 0 Å². The van der Waals surface area contributed by atoms with Crippen LogP contribution in [-0.2, 0) is 9.53 Å². The van der Waals surface area contributed by atoms with Crippen LogP contribution in [0.2, 0.25) is 0 Å². The van der Waals surface area contributed by atoms with E-state index in [0.717, 1.165) is 43.1 Å². The van der Waals surface area contributed by atoms with E-state index in [2.05, 4.69) is 44.4 Å². The molecule has 2 N–H and O–H groups in total. The van der Waals surface area contributed by atoms with Crippen molar-refractivity contribution in [2.24, 2.45) is 46.3 Å². The highest BCUT2D eigenvalue weighted by atomic mass is 16.5. The summed E-state index contributed by atoms with van der Waals surface area (Å²) < 4.78 is 7.05. The lowest BCUT2D eigenvalue weighted by Crippen LogP contribution is -2.57. The minimum atomic E-state index is -0.0618. The van der Waals surface area contributed by atoms with Crippen molar-refractivity contribution in [3.63, 3.8) is 0 Å². The van der Waals surface area contributed by atoms with Gasteiger partial charge in [0.1, 0.15) is 5.72 Å². The van der Waals surface area contributed by atoms with Gasteiger partial charge >= 0.3 is 0 Å². The van der Waals surface area contributed by atoms with E-state index < -0.39 is 0 Å². The van der Waals surface area contributed by atoms with Gasteiger partial charge in [-0.05, 0) is 112 Å². The van der Waals surface area contributed by atoms with Crippen LogP contribution in [0.3, 0.4) is 0 Å².